The Morgan fingerprint density at radius 2 is 1.89 bits per heavy atom. The number of nitrogens with zero attached hydrogens (tertiary/aromatic N) is 1. The summed E-state index contributed by atoms with van der Waals surface area (Å²) in [6.07, 6.45) is 3.92. The highest BCUT2D eigenvalue weighted by Crippen LogP contribution is 1.99. The van der Waals surface area contributed by atoms with Crippen LogP contribution in [0.5, 0.6) is 0 Å². The van der Waals surface area contributed by atoms with Crippen LogP contribution in [0.1, 0.15) is 26.7 Å². The molecule has 0 aliphatic carbocycles. The number of carbonyl (C=O) groups excluding carboxylic acids is 4. The second-order valence-corrected chi connectivity index (χ2v) is 3.13. The molecule has 1 aliphatic heterocycles. The standard InChI is InChI=1S/C7H8N2O4.C4H8O/c1-2-13-7(12)8-9-5(10)3-4-6(9)11;1-2-3-4-5/h3-4H,2H2,1H3,(H,8,12);4H,2-3H2,1H3. The molecule has 0 spiro atoms. The minimum atomic E-state index is -0.826. The number of aldehydes is 1. The van der Waals surface area contributed by atoms with Crippen molar-refractivity contribution in [1.82, 2.24) is 10.4 Å². The molecule has 0 saturated heterocycles. The Bertz CT molecular complexity index is 333. The van der Waals surface area contributed by atoms with E-state index in [9.17, 15) is 19.2 Å². The molecule has 0 atom stereocenters. The first kappa shape index (κ1) is 15.8. The van der Waals surface area contributed by atoms with Crippen molar-refractivity contribution in [2.45, 2.75) is 26.7 Å². The largest absolute Gasteiger partial charge is 0.449 e. The molecule has 1 aliphatic rings. The Balaban J connectivity index is 0.000000494. The van der Waals surface area contributed by atoms with Crippen molar-refractivity contribution >= 4 is 24.2 Å². The van der Waals surface area contributed by atoms with Gasteiger partial charge in [0.05, 0.1) is 6.61 Å². The van der Waals surface area contributed by atoms with Gasteiger partial charge in [-0.1, -0.05) is 6.92 Å². The zero-order valence-corrected chi connectivity index (χ0v) is 10.3. The lowest BCUT2D eigenvalue weighted by Gasteiger charge is -2.13. The Labute approximate surface area is 105 Å². The number of carbonyl (C=O) groups is 4. The fraction of sp³-hybridized carbons (Fsp3) is 0.455. The Morgan fingerprint density at radius 1 is 1.33 bits per heavy atom. The highest BCUT2D eigenvalue weighted by molar-refractivity contribution is 6.13. The van der Waals surface area contributed by atoms with Gasteiger partial charge in [0.25, 0.3) is 11.8 Å². The number of rotatable bonds is 4. The van der Waals surface area contributed by atoms with E-state index in [1.54, 1.807) is 6.92 Å². The van der Waals surface area contributed by atoms with Crippen molar-refractivity contribution in [2.24, 2.45) is 0 Å². The third-order valence-electron chi connectivity index (χ3n) is 1.69. The first-order chi connectivity index (χ1) is 8.56. The first-order valence-electron chi connectivity index (χ1n) is 5.49. The van der Waals surface area contributed by atoms with Crippen LogP contribution in [0.15, 0.2) is 12.2 Å². The third kappa shape index (κ3) is 5.78. The van der Waals surface area contributed by atoms with Gasteiger partial charge in [0, 0.05) is 18.6 Å². The van der Waals surface area contributed by atoms with Gasteiger partial charge >= 0.3 is 6.09 Å². The normalized spacial score (nSPS) is 12.9. The summed E-state index contributed by atoms with van der Waals surface area (Å²) in [5.41, 5.74) is 1.99. The van der Waals surface area contributed by atoms with Gasteiger partial charge in [0.15, 0.2) is 0 Å². The second-order valence-electron chi connectivity index (χ2n) is 3.13. The Kier molecular flexibility index (Phi) is 7.83. The summed E-state index contributed by atoms with van der Waals surface area (Å²) in [7, 11) is 0. The fourth-order valence-electron chi connectivity index (χ4n) is 0.883. The molecule has 0 aromatic heterocycles. The van der Waals surface area contributed by atoms with E-state index in [1.807, 2.05) is 12.3 Å². The van der Waals surface area contributed by atoms with Crippen LogP contribution in [0.25, 0.3) is 0 Å². The molecule has 0 saturated carbocycles. The minimum absolute atomic E-state index is 0.176. The van der Waals surface area contributed by atoms with Crippen LogP contribution < -0.4 is 5.43 Å². The molecule has 0 bridgehead atoms. The molecule has 0 radical (unpaired) electrons. The number of imide groups is 1. The summed E-state index contributed by atoms with van der Waals surface area (Å²) in [5.74, 6) is -1.17. The van der Waals surface area contributed by atoms with Crippen LogP contribution in [-0.2, 0) is 19.1 Å². The summed E-state index contributed by atoms with van der Waals surface area (Å²) in [6.45, 7) is 3.77. The lowest BCUT2D eigenvalue weighted by molar-refractivity contribution is -0.139. The van der Waals surface area contributed by atoms with Gasteiger partial charge in [-0.05, 0) is 13.3 Å². The van der Waals surface area contributed by atoms with Gasteiger partial charge in [-0.2, -0.15) is 5.01 Å². The van der Waals surface area contributed by atoms with Gasteiger partial charge in [-0.15, -0.1) is 0 Å². The van der Waals surface area contributed by atoms with Crippen molar-refractivity contribution in [1.29, 1.82) is 0 Å². The van der Waals surface area contributed by atoms with Crippen molar-refractivity contribution in [3.63, 3.8) is 0 Å². The lowest BCUT2D eigenvalue weighted by Crippen LogP contribution is -2.46. The van der Waals surface area contributed by atoms with E-state index in [0.29, 0.717) is 11.4 Å². The molecule has 0 fully saturated rings. The van der Waals surface area contributed by atoms with Gasteiger partial charge < -0.3 is 9.53 Å². The Morgan fingerprint density at radius 3 is 2.22 bits per heavy atom. The summed E-state index contributed by atoms with van der Waals surface area (Å²) in [4.78, 5) is 41.9. The predicted octanol–water partition coefficient (Wildman–Crippen LogP) is 0.558. The van der Waals surface area contributed by atoms with Crippen LogP contribution in [0.2, 0.25) is 0 Å². The van der Waals surface area contributed by atoms with E-state index < -0.39 is 17.9 Å². The smallest absolute Gasteiger partial charge is 0.426 e. The zero-order valence-electron chi connectivity index (χ0n) is 10.3. The minimum Gasteiger partial charge on any atom is -0.449 e. The van der Waals surface area contributed by atoms with Crippen LogP contribution in [0, 0.1) is 0 Å². The monoisotopic (exact) mass is 256 g/mol. The maximum Gasteiger partial charge on any atom is 0.426 e. The zero-order chi connectivity index (χ0) is 14.0. The number of nitrogens with one attached hydrogen (secondary N) is 1. The van der Waals surface area contributed by atoms with Gasteiger partial charge in [0.1, 0.15) is 6.29 Å². The summed E-state index contributed by atoms with van der Waals surface area (Å²) in [5, 5.41) is 0.581. The van der Waals surface area contributed by atoms with Gasteiger partial charge in [-0.25, -0.2) is 10.2 Å². The fourth-order valence-corrected chi connectivity index (χ4v) is 0.883. The number of unbranched alkanes of at least 4 members (excludes halogenated alkanes) is 1. The van der Waals surface area contributed by atoms with Crippen LogP contribution in [0.4, 0.5) is 4.79 Å². The molecule has 0 aromatic rings. The van der Waals surface area contributed by atoms with Crippen molar-refractivity contribution in [2.75, 3.05) is 6.61 Å². The number of amides is 3. The molecule has 100 valence electrons. The summed E-state index contributed by atoms with van der Waals surface area (Å²) < 4.78 is 4.48. The molecule has 1 N–H and O–H groups in total. The molecule has 7 heteroatoms. The van der Waals surface area contributed by atoms with E-state index >= 15 is 0 Å². The lowest BCUT2D eigenvalue weighted by atomic mass is 10.4. The van der Waals surface area contributed by atoms with E-state index in [4.69, 9.17) is 0 Å². The Hall–Kier alpha value is -2.18. The number of hydrazine groups is 1. The molecule has 18 heavy (non-hydrogen) atoms. The maximum absolute atomic E-state index is 10.9. The van der Waals surface area contributed by atoms with Gasteiger partial charge in [0.2, 0.25) is 0 Å². The van der Waals surface area contributed by atoms with Gasteiger partial charge in [-0.3, -0.25) is 9.59 Å². The van der Waals surface area contributed by atoms with Crippen molar-refractivity contribution in [3.8, 4) is 0 Å². The van der Waals surface area contributed by atoms with E-state index in [2.05, 4.69) is 4.74 Å². The number of hydrogen-bond donors (Lipinski definition) is 1. The summed E-state index contributed by atoms with van der Waals surface area (Å²) in [6, 6.07) is 0. The maximum atomic E-state index is 10.9. The van der Waals surface area contributed by atoms with E-state index in [-0.39, 0.29) is 6.61 Å². The molecule has 0 unspecified atom stereocenters. The molecule has 1 rings (SSSR count). The number of hydrogen-bond acceptors (Lipinski definition) is 5. The average molecular weight is 256 g/mol. The molecule has 3 amide bonds. The highest BCUT2D eigenvalue weighted by Gasteiger charge is 2.25. The highest BCUT2D eigenvalue weighted by atomic mass is 16.6. The van der Waals surface area contributed by atoms with E-state index in [1.165, 1.54) is 0 Å². The topological polar surface area (TPSA) is 92.8 Å². The molecule has 7 nitrogen and oxygen atoms in total. The SMILES string of the molecule is CCCC=O.CCOC(=O)NN1C(=O)C=CC1=O. The quantitative estimate of drug-likeness (QED) is 0.586. The van der Waals surface area contributed by atoms with Crippen molar-refractivity contribution < 1.29 is 23.9 Å². The van der Waals surface area contributed by atoms with Crippen molar-refractivity contribution in [3.05, 3.63) is 12.2 Å². The third-order valence-corrected chi connectivity index (χ3v) is 1.69. The summed E-state index contributed by atoms with van der Waals surface area (Å²) >= 11 is 0. The predicted molar refractivity (Wildman–Crippen MR) is 62.1 cm³/mol. The first-order valence-corrected chi connectivity index (χ1v) is 5.49. The second kappa shape index (κ2) is 8.91. The van der Waals surface area contributed by atoms with Crippen LogP contribution in [-0.4, -0.2) is 35.8 Å². The van der Waals surface area contributed by atoms with Crippen LogP contribution >= 0.6 is 0 Å². The van der Waals surface area contributed by atoms with Crippen LogP contribution in [0.3, 0.4) is 0 Å². The molecular weight excluding hydrogens is 240 g/mol. The van der Waals surface area contributed by atoms with E-state index in [0.717, 1.165) is 24.9 Å². The average Bonchev–Trinajstić information content (AvgIpc) is 2.63. The molecule has 1 heterocycles. The molecule has 0 aromatic carbocycles. The number of ether oxygens (including phenoxy) is 1. The molecular formula is C11H16N2O5.